The Hall–Kier alpha value is -1.89. The van der Waals surface area contributed by atoms with Crippen LogP contribution in [0, 0.1) is 6.92 Å². The molecule has 2 aromatic rings. The van der Waals surface area contributed by atoms with Crippen LogP contribution in [0.25, 0.3) is 11.2 Å². The van der Waals surface area contributed by atoms with Crippen molar-refractivity contribution in [2.75, 3.05) is 6.54 Å². The summed E-state index contributed by atoms with van der Waals surface area (Å²) in [4.78, 5) is 29.3. The van der Waals surface area contributed by atoms with Gasteiger partial charge in [-0.25, -0.2) is 9.78 Å². The van der Waals surface area contributed by atoms with E-state index in [1.165, 1.54) is 7.05 Å². The first-order valence-corrected chi connectivity index (χ1v) is 7.32. The van der Waals surface area contributed by atoms with Crippen molar-refractivity contribution in [1.82, 2.24) is 18.7 Å². The van der Waals surface area contributed by atoms with E-state index in [4.69, 9.17) is 5.73 Å². The van der Waals surface area contributed by atoms with Gasteiger partial charge in [0, 0.05) is 26.2 Å². The van der Waals surface area contributed by atoms with Gasteiger partial charge in [0.15, 0.2) is 11.2 Å². The van der Waals surface area contributed by atoms with E-state index in [-0.39, 0.29) is 17.3 Å². The molecule has 116 valence electrons. The van der Waals surface area contributed by atoms with E-state index in [2.05, 4.69) is 11.9 Å². The third-order valence-corrected chi connectivity index (χ3v) is 3.87. The predicted octanol–water partition coefficient (Wildman–Crippen LogP) is 0.525. The molecule has 21 heavy (non-hydrogen) atoms. The second-order valence-electron chi connectivity index (χ2n) is 5.44. The minimum atomic E-state index is -0.316. The van der Waals surface area contributed by atoms with Crippen LogP contribution in [0.3, 0.4) is 0 Å². The highest BCUT2D eigenvalue weighted by Gasteiger charge is 2.20. The van der Waals surface area contributed by atoms with Crippen LogP contribution in [-0.4, -0.2) is 25.2 Å². The number of hydrogen-bond donors (Lipinski definition) is 1. The summed E-state index contributed by atoms with van der Waals surface area (Å²) in [6, 6.07) is -0.0418. The average molecular weight is 293 g/mol. The van der Waals surface area contributed by atoms with Gasteiger partial charge < -0.3 is 10.3 Å². The number of aryl methyl sites for hydroxylation is 2. The van der Waals surface area contributed by atoms with Crippen LogP contribution < -0.4 is 17.0 Å². The second kappa shape index (κ2) is 5.85. The summed E-state index contributed by atoms with van der Waals surface area (Å²) < 4.78 is 4.57. The molecule has 0 fully saturated rings. The summed E-state index contributed by atoms with van der Waals surface area (Å²) in [6.07, 6.45) is 1.83. The maximum absolute atomic E-state index is 12.5. The number of nitrogens with zero attached hydrogens (tertiary/aromatic N) is 4. The van der Waals surface area contributed by atoms with Gasteiger partial charge in [0.25, 0.3) is 5.56 Å². The molecule has 0 aromatic carbocycles. The van der Waals surface area contributed by atoms with Gasteiger partial charge in [-0.1, -0.05) is 13.3 Å². The zero-order chi connectivity index (χ0) is 15.7. The normalized spacial score (nSPS) is 13.0. The van der Waals surface area contributed by atoms with Gasteiger partial charge >= 0.3 is 5.69 Å². The molecule has 0 saturated carbocycles. The van der Waals surface area contributed by atoms with Crippen molar-refractivity contribution in [1.29, 1.82) is 0 Å². The maximum atomic E-state index is 12.5. The van der Waals surface area contributed by atoms with Crippen LogP contribution in [0.2, 0.25) is 0 Å². The Morgan fingerprint density at radius 1 is 1.33 bits per heavy atom. The topological polar surface area (TPSA) is 87.8 Å². The van der Waals surface area contributed by atoms with Gasteiger partial charge in [0.1, 0.15) is 5.82 Å². The van der Waals surface area contributed by atoms with Crippen molar-refractivity contribution in [3.63, 3.8) is 0 Å². The molecular formula is C14H23N5O2. The van der Waals surface area contributed by atoms with Crippen molar-refractivity contribution in [2.24, 2.45) is 12.8 Å². The third-order valence-electron chi connectivity index (χ3n) is 3.87. The molecule has 0 aliphatic carbocycles. The van der Waals surface area contributed by atoms with Crippen LogP contribution in [0.4, 0.5) is 0 Å². The standard InChI is InChI=1S/C14H23N5O2/c1-5-6-7-18-12-11(13(20)17(4)14(18)21)19(9(2)8-15)10(3)16-12/h9H,5-8,15H2,1-4H3. The monoisotopic (exact) mass is 293 g/mol. The molecule has 0 radical (unpaired) electrons. The molecule has 1 unspecified atom stereocenters. The van der Waals surface area contributed by atoms with Gasteiger partial charge in [-0.15, -0.1) is 0 Å². The number of hydrogen-bond acceptors (Lipinski definition) is 4. The summed E-state index contributed by atoms with van der Waals surface area (Å²) in [5.41, 5.74) is 6.03. The average Bonchev–Trinajstić information content (AvgIpc) is 2.81. The van der Waals surface area contributed by atoms with Crippen LogP contribution >= 0.6 is 0 Å². The van der Waals surface area contributed by atoms with Gasteiger partial charge in [-0.05, 0) is 20.3 Å². The summed E-state index contributed by atoms with van der Waals surface area (Å²) in [7, 11) is 1.51. The molecular weight excluding hydrogens is 270 g/mol. The lowest BCUT2D eigenvalue weighted by atomic mass is 10.3. The fourth-order valence-electron chi connectivity index (χ4n) is 2.60. The highest BCUT2D eigenvalue weighted by Crippen LogP contribution is 2.16. The number of rotatable bonds is 5. The van der Waals surface area contributed by atoms with Crippen molar-refractivity contribution in [3.05, 3.63) is 26.7 Å². The summed E-state index contributed by atoms with van der Waals surface area (Å²) in [5, 5.41) is 0. The third kappa shape index (κ3) is 2.42. The van der Waals surface area contributed by atoms with Crippen molar-refractivity contribution >= 4 is 11.2 Å². The molecule has 2 rings (SSSR count). The van der Waals surface area contributed by atoms with Gasteiger partial charge in [-0.2, -0.15) is 0 Å². The van der Waals surface area contributed by atoms with E-state index in [1.807, 2.05) is 18.4 Å². The first-order valence-electron chi connectivity index (χ1n) is 7.32. The van der Waals surface area contributed by atoms with Gasteiger partial charge in [0.05, 0.1) is 0 Å². The van der Waals surface area contributed by atoms with E-state index in [0.29, 0.717) is 30.1 Å². The Kier molecular flexibility index (Phi) is 4.32. The van der Waals surface area contributed by atoms with E-state index in [9.17, 15) is 9.59 Å². The smallest absolute Gasteiger partial charge is 0.328 e. The van der Waals surface area contributed by atoms with Crippen LogP contribution in [0.1, 0.15) is 38.6 Å². The number of nitrogens with two attached hydrogens (primary N) is 1. The summed E-state index contributed by atoms with van der Waals surface area (Å²) >= 11 is 0. The van der Waals surface area contributed by atoms with E-state index in [1.54, 1.807) is 4.57 Å². The minimum absolute atomic E-state index is 0.0418. The van der Waals surface area contributed by atoms with Gasteiger partial charge in [-0.3, -0.25) is 13.9 Å². The predicted molar refractivity (Wildman–Crippen MR) is 82.6 cm³/mol. The largest absolute Gasteiger partial charge is 0.332 e. The highest BCUT2D eigenvalue weighted by atomic mass is 16.2. The molecule has 2 N–H and O–H groups in total. The Morgan fingerprint density at radius 2 is 2.00 bits per heavy atom. The van der Waals surface area contributed by atoms with Crippen molar-refractivity contribution < 1.29 is 0 Å². The molecule has 2 heterocycles. The van der Waals surface area contributed by atoms with E-state index >= 15 is 0 Å². The number of fused-ring (bicyclic) bond motifs is 1. The van der Waals surface area contributed by atoms with Gasteiger partial charge in [0.2, 0.25) is 0 Å². The molecule has 7 nitrogen and oxygen atoms in total. The fourth-order valence-corrected chi connectivity index (χ4v) is 2.60. The van der Waals surface area contributed by atoms with Crippen LogP contribution in [-0.2, 0) is 13.6 Å². The van der Waals surface area contributed by atoms with Crippen molar-refractivity contribution in [2.45, 2.75) is 46.2 Å². The summed E-state index contributed by atoms with van der Waals surface area (Å²) in [5.74, 6) is 0.705. The quantitative estimate of drug-likeness (QED) is 0.870. The van der Waals surface area contributed by atoms with Crippen molar-refractivity contribution in [3.8, 4) is 0 Å². The highest BCUT2D eigenvalue weighted by molar-refractivity contribution is 5.71. The molecule has 0 spiro atoms. The second-order valence-corrected chi connectivity index (χ2v) is 5.44. The van der Waals surface area contributed by atoms with E-state index in [0.717, 1.165) is 17.4 Å². The SMILES string of the molecule is CCCCn1c(=O)n(C)c(=O)c2c1nc(C)n2C(C)CN. The minimum Gasteiger partial charge on any atom is -0.328 e. The Morgan fingerprint density at radius 3 is 2.57 bits per heavy atom. The Labute approximate surface area is 123 Å². The molecule has 7 heteroatoms. The molecule has 0 amide bonds. The lowest BCUT2D eigenvalue weighted by molar-refractivity contribution is 0.552. The Bertz CT molecular complexity index is 768. The van der Waals surface area contributed by atoms with Crippen LogP contribution in [0.5, 0.6) is 0 Å². The molecule has 0 aliphatic heterocycles. The molecule has 0 aliphatic rings. The molecule has 1 atom stereocenters. The molecule has 2 aromatic heterocycles. The zero-order valence-electron chi connectivity index (χ0n) is 13.1. The first-order chi connectivity index (χ1) is 9.93. The lowest BCUT2D eigenvalue weighted by Gasteiger charge is -2.14. The zero-order valence-corrected chi connectivity index (χ0v) is 13.1. The number of aromatic nitrogens is 4. The number of unbranched alkanes of at least 4 members (excludes halogenated alkanes) is 1. The first kappa shape index (κ1) is 15.5. The van der Waals surface area contributed by atoms with Crippen LogP contribution in [0.15, 0.2) is 9.59 Å². The maximum Gasteiger partial charge on any atom is 0.332 e. The number of imidazole rings is 1. The molecule has 0 bridgehead atoms. The Balaban J connectivity index is 2.88. The summed E-state index contributed by atoms with van der Waals surface area (Å²) in [6.45, 7) is 6.80. The van der Waals surface area contributed by atoms with E-state index < -0.39 is 0 Å². The fraction of sp³-hybridized carbons (Fsp3) is 0.643. The molecule has 0 saturated heterocycles. The lowest BCUT2D eigenvalue weighted by Crippen LogP contribution is -2.39.